The Balaban J connectivity index is 1.72. The molecule has 2 heterocycles. The molecule has 8 heteroatoms. The first-order valence-electron chi connectivity index (χ1n) is 8.74. The van der Waals surface area contributed by atoms with E-state index in [2.05, 4.69) is 15.3 Å². The molecule has 1 aromatic carbocycles. The molecule has 2 N–H and O–H groups in total. The minimum absolute atomic E-state index is 0.0888. The van der Waals surface area contributed by atoms with Crippen LogP contribution in [0.4, 0.5) is 0 Å². The van der Waals surface area contributed by atoms with Gasteiger partial charge in [-0.25, -0.2) is 4.98 Å². The van der Waals surface area contributed by atoms with Crippen LogP contribution < -0.4 is 5.32 Å². The van der Waals surface area contributed by atoms with Crippen LogP contribution in [-0.4, -0.2) is 57.9 Å². The Hall–Kier alpha value is -3.29. The highest BCUT2D eigenvalue weighted by Crippen LogP contribution is 2.21. The van der Waals surface area contributed by atoms with Gasteiger partial charge in [-0.2, -0.15) is 0 Å². The summed E-state index contributed by atoms with van der Waals surface area (Å²) in [6.07, 6.45) is 3.76. The van der Waals surface area contributed by atoms with Crippen molar-refractivity contribution >= 4 is 24.4 Å². The van der Waals surface area contributed by atoms with Crippen LogP contribution in [0.5, 0.6) is 0 Å². The summed E-state index contributed by atoms with van der Waals surface area (Å²) >= 11 is 0. The molecule has 0 aliphatic carbocycles. The molecule has 0 bridgehead atoms. The van der Waals surface area contributed by atoms with Crippen LogP contribution in [0.15, 0.2) is 36.5 Å². The third-order valence-corrected chi connectivity index (χ3v) is 4.52. The van der Waals surface area contributed by atoms with Gasteiger partial charge in [0.05, 0.1) is 17.9 Å². The maximum Gasteiger partial charge on any atom is 0.290 e. The summed E-state index contributed by atoms with van der Waals surface area (Å²) in [6, 6.07) is 7.93. The summed E-state index contributed by atoms with van der Waals surface area (Å²) in [7, 11) is 0. The molecule has 140 valence electrons. The second-order valence-corrected chi connectivity index (χ2v) is 6.32. The van der Waals surface area contributed by atoms with E-state index >= 15 is 0 Å². The van der Waals surface area contributed by atoms with Gasteiger partial charge >= 0.3 is 0 Å². The molecule has 2 atom stereocenters. The lowest BCUT2D eigenvalue weighted by molar-refractivity contribution is -0.127. The summed E-state index contributed by atoms with van der Waals surface area (Å²) in [6.45, 7) is 0.428. The van der Waals surface area contributed by atoms with Crippen molar-refractivity contribution in [1.82, 2.24) is 20.2 Å². The first kappa shape index (κ1) is 18.5. The number of nitrogens with zero attached hydrogens (tertiary/aromatic N) is 2. The molecule has 27 heavy (non-hydrogen) atoms. The second-order valence-electron chi connectivity index (χ2n) is 6.32. The van der Waals surface area contributed by atoms with Gasteiger partial charge in [0.25, 0.3) is 5.91 Å². The largest absolute Gasteiger partial charge is 0.344 e. The first-order chi connectivity index (χ1) is 13.1. The lowest BCUT2D eigenvalue weighted by atomic mass is 10.1. The highest BCUT2D eigenvalue weighted by Gasteiger charge is 2.36. The Morgan fingerprint density at radius 1 is 1.30 bits per heavy atom. The van der Waals surface area contributed by atoms with Gasteiger partial charge in [-0.05, 0) is 18.4 Å². The summed E-state index contributed by atoms with van der Waals surface area (Å²) in [5.74, 6) is -0.643. The zero-order valence-electron chi connectivity index (χ0n) is 14.6. The van der Waals surface area contributed by atoms with E-state index in [0.717, 1.165) is 5.56 Å². The maximum atomic E-state index is 12.8. The normalized spacial score (nSPS) is 17.3. The first-order valence-corrected chi connectivity index (χ1v) is 8.74. The van der Waals surface area contributed by atoms with Crippen LogP contribution in [0.2, 0.25) is 0 Å². The number of carbonyl (C=O) groups is 4. The Bertz CT molecular complexity index is 833. The third-order valence-electron chi connectivity index (χ3n) is 4.52. The zero-order valence-corrected chi connectivity index (χ0v) is 14.6. The smallest absolute Gasteiger partial charge is 0.290 e. The number of likely N-dealkylation sites (tertiary alicyclic amines) is 1. The molecular formula is C19H20N4O4. The number of aldehydes is 2. The number of aromatic amines is 1. The van der Waals surface area contributed by atoms with Crippen molar-refractivity contribution in [2.75, 3.05) is 6.54 Å². The van der Waals surface area contributed by atoms with E-state index in [1.807, 2.05) is 30.3 Å². The monoisotopic (exact) mass is 368 g/mol. The van der Waals surface area contributed by atoms with Crippen molar-refractivity contribution in [2.24, 2.45) is 0 Å². The molecule has 1 aromatic heterocycles. The molecule has 2 aromatic rings. The second kappa shape index (κ2) is 8.39. The molecule has 1 aliphatic rings. The molecule has 0 saturated carbocycles. The van der Waals surface area contributed by atoms with E-state index in [0.29, 0.717) is 37.7 Å². The van der Waals surface area contributed by atoms with Crippen molar-refractivity contribution in [3.8, 4) is 11.3 Å². The van der Waals surface area contributed by atoms with Crippen LogP contribution in [-0.2, 0) is 14.4 Å². The zero-order chi connectivity index (χ0) is 19.2. The molecule has 8 nitrogen and oxygen atoms in total. The quantitative estimate of drug-likeness (QED) is 0.707. The van der Waals surface area contributed by atoms with Crippen molar-refractivity contribution in [3.05, 3.63) is 42.4 Å². The topological polar surface area (TPSA) is 112 Å². The standard InChI is InChI=1S/C19H20N4O4/c24-10-8-14(12-25)21-18(26)16-7-4-9-23(16)19(27)17-20-11-15(22-17)13-5-2-1-3-6-13/h1-3,5-6,10-12,14,16H,4,7-9H2,(H,20,22)(H,21,26)/t14-,16-/m0/s1. The Labute approximate surface area is 156 Å². The molecule has 1 fully saturated rings. The average molecular weight is 368 g/mol. The minimum atomic E-state index is -0.874. The van der Waals surface area contributed by atoms with Gasteiger partial charge in [0.2, 0.25) is 5.91 Å². The summed E-state index contributed by atoms with van der Waals surface area (Å²) in [5, 5.41) is 2.51. The van der Waals surface area contributed by atoms with E-state index in [1.165, 1.54) is 4.90 Å². The van der Waals surface area contributed by atoms with Gasteiger partial charge in [0, 0.05) is 13.0 Å². The molecule has 1 saturated heterocycles. The molecule has 0 unspecified atom stereocenters. The van der Waals surface area contributed by atoms with Gasteiger partial charge in [-0.3, -0.25) is 9.59 Å². The number of aromatic nitrogens is 2. The molecule has 0 spiro atoms. The molecule has 2 amide bonds. The lowest BCUT2D eigenvalue weighted by Gasteiger charge is -2.24. The fourth-order valence-electron chi connectivity index (χ4n) is 3.14. The van der Waals surface area contributed by atoms with Crippen molar-refractivity contribution < 1.29 is 19.2 Å². The molecule has 0 radical (unpaired) electrons. The molecule has 3 rings (SSSR count). The molecular weight excluding hydrogens is 348 g/mol. The summed E-state index contributed by atoms with van der Waals surface area (Å²) in [5.41, 5.74) is 1.62. The number of rotatable bonds is 7. The van der Waals surface area contributed by atoms with Crippen molar-refractivity contribution in [1.29, 1.82) is 0 Å². The highest BCUT2D eigenvalue weighted by atomic mass is 16.2. The third kappa shape index (κ3) is 4.11. The van der Waals surface area contributed by atoms with Gasteiger partial charge in [-0.15, -0.1) is 0 Å². The number of H-pyrrole nitrogens is 1. The van der Waals surface area contributed by atoms with E-state index < -0.39 is 18.0 Å². The van der Waals surface area contributed by atoms with Crippen LogP contribution in [0.3, 0.4) is 0 Å². The average Bonchev–Trinajstić information content (AvgIpc) is 3.37. The van der Waals surface area contributed by atoms with Crippen LogP contribution in [0, 0.1) is 0 Å². The van der Waals surface area contributed by atoms with E-state index in [9.17, 15) is 19.2 Å². The number of benzene rings is 1. The fraction of sp³-hybridized carbons (Fsp3) is 0.316. The number of hydrogen-bond acceptors (Lipinski definition) is 5. The Morgan fingerprint density at radius 3 is 2.78 bits per heavy atom. The summed E-state index contributed by atoms with van der Waals surface area (Å²) in [4.78, 5) is 55.4. The van der Waals surface area contributed by atoms with E-state index in [-0.39, 0.29) is 18.2 Å². The van der Waals surface area contributed by atoms with Crippen LogP contribution in [0.25, 0.3) is 11.3 Å². The lowest BCUT2D eigenvalue weighted by Crippen LogP contribution is -2.49. The Kier molecular flexibility index (Phi) is 5.75. The Morgan fingerprint density at radius 2 is 2.07 bits per heavy atom. The van der Waals surface area contributed by atoms with Gasteiger partial charge < -0.3 is 24.8 Å². The van der Waals surface area contributed by atoms with E-state index in [4.69, 9.17) is 0 Å². The number of nitrogens with one attached hydrogen (secondary N) is 2. The minimum Gasteiger partial charge on any atom is -0.344 e. The number of carbonyl (C=O) groups excluding carboxylic acids is 4. The SMILES string of the molecule is O=CC[C@@H](C=O)NC(=O)[C@@H]1CCCN1C(=O)c1ncc(-c2ccccc2)[nH]1. The molecule has 1 aliphatic heterocycles. The predicted molar refractivity (Wildman–Crippen MR) is 96.8 cm³/mol. The van der Waals surface area contributed by atoms with Gasteiger partial charge in [0.15, 0.2) is 5.82 Å². The summed E-state index contributed by atoms with van der Waals surface area (Å²) < 4.78 is 0. The highest BCUT2D eigenvalue weighted by molar-refractivity contribution is 5.96. The van der Waals surface area contributed by atoms with E-state index in [1.54, 1.807) is 6.20 Å². The predicted octanol–water partition coefficient (Wildman–Crippen LogP) is 0.954. The van der Waals surface area contributed by atoms with Gasteiger partial charge in [-0.1, -0.05) is 30.3 Å². The fourth-order valence-corrected chi connectivity index (χ4v) is 3.14. The number of amides is 2. The number of hydrogen-bond donors (Lipinski definition) is 2. The van der Waals surface area contributed by atoms with Crippen LogP contribution >= 0.6 is 0 Å². The number of imidazole rings is 1. The van der Waals surface area contributed by atoms with Crippen LogP contribution in [0.1, 0.15) is 29.9 Å². The maximum absolute atomic E-state index is 12.8. The van der Waals surface area contributed by atoms with Crippen molar-refractivity contribution in [3.63, 3.8) is 0 Å². The van der Waals surface area contributed by atoms with Gasteiger partial charge in [0.1, 0.15) is 18.6 Å². The van der Waals surface area contributed by atoms with Crippen molar-refractivity contribution in [2.45, 2.75) is 31.3 Å².